The van der Waals surface area contributed by atoms with E-state index in [2.05, 4.69) is 0 Å². The maximum absolute atomic E-state index is 12.0. The molecule has 1 aliphatic rings. The summed E-state index contributed by atoms with van der Waals surface area (Å²) in [5.74, 6) is 0.414. The first kappa shape index (κ1) is 12.5. The lowest BCUT2D eigenvalue weighted by Crippen LogP contribution is -2.38. The van der Waals surface area contributed by atoms with Crippen molar-refractivity contribution in [1.29, 1.82) is 0 Å². The first-order valence-electron chi connectivity index (χ1n) is 6.24. The molecule has 1 atom stereocenters. The second-order valence-corrected chi connectivity index (χ2v) is 4.57. The molecule has 0 saturated carbocycles. The molecule has 2 N–H and O–H groups in total. The topological polar surface area (TPSA) is 46.3 Å². The molecule has 0 bridgehead atoms. The van der Waals surface area contributed by atoms with E-state index in [0.29, 0.717) is 12.5 Å². The number of carbonyl (C=O) groups excluding carboxylic acids is 1. The van der Waals surface area contributed by atoms with Gasteiger partial charge in [0, 0.05) is 19.0 Å². The van der Waals surface area contributed by atoms with Gasteiger partial charge in [-0.25, -0.2) is 0 Å². The lowest BCUT2D eigenvalue weighted by molar-refractivity contribution is -0.135. The van der Waals surface area contributed by atoms with Gasteiger partial charge in [-0.05, 0) is 25.8 Å². The average Bonchev–Trinajstić information content (AvgIpc) is 2.16. The highest BCUT2D eigenvalue weighted by molar-refractivity contribution is 5.78. The number of nitrogens with zero attached hydrogens (tertiary/aromatic N) is 1. The molecule has 1 fully saturated rings. The Balaban J connectivity index is 2.40. The van der Waals surface area contributed by atoms with Crippen molar-refractivity contribution in [2.75, 3.05) is 19.6 Å². The number of likely N-dealkylation sites (tertiary alicyclic amines) is 1. The van der Waals surface area contributed by atoms with Crippen LogP contribution in [0.3, 0.4) is 0 Å². The van der Waals surface area contributed by atoms with Gasteiger partial charge in [0.05, 0.1) is 0 Å². The molecule has 1 aliphatic heterocycles. The Morgan fingerprint density at radius 3 is 2.27 bits per heavy atom. The molecule has 1 heterocycles. The smallest absolute Gasteiger partial charge is 0.225 e. The number of carbonyl (C=O) groups is 1. The van der Waals surface area contributed by atoms with Crippen LogP contribution in [0.2, 0.25) is 0 Å². The van der Waals surface area contributed by atoms with Gasteiger partial charge in [-0.15, -0.1) is 0 Å². The predicted octanol–water partition coefficient (Wildman–Crippen LogP) is 1.76. The third-order valence-corrected chi connectivity index (χ3v) is 3.19. The minimum atomic E-state index is 0.106. The van der Waals surface area contributed by atoms with E-state index < -0.39 is 0 Å². The van der Waals surface area contributed by atoms with E-state index in [0.717, 1.165) is 19.5 Å². The fraction of sp³-hybridized carbons (Fsp3) is 0.917. The highest BCUT2D eigenvalue weighted by Crippen LogP contribution is 2.14. The summed E-state index contributed by atoms with van der Waals surface area (Å²) >= 11 is 0. The number of hydrogen-bond acceptors (Lipinski definition) is 2. The van der Waals surface area contributed by atoms with E-state index in [1.807, 2.05) is 11.8 Å². The van der Waals surface area contributed by atoms with Crippen molar-refractivity contribution in [2.45, 2.75) is 45.4 Å². The summed E-state index contributed by atoms with van der Waals surface area (Å²) in [5, 5.41) is 0. The molecule has 0 aromatic heterocycles. The molecule has 1 amide bonds. The Labute approximate surface area is 93.0 Å². The minimum Gasteiger partial charge on any atom is -0.342 e. The zero-order valence-electron chi connectivity index (χ0n) is 9.87. The molecule has 88 valence electrons. The molecule has 3 nitrogen and oxygen atoms in total. The third-order valence-electron chi connectivity index (χ3n) is 3.19. The first-order chi connectivity index (χ1) is 7.25. The highest BCUT2D eigenvalue weighted by atomic mass is 16.2. The Morgan fingerprint density at radius 2 is 1.73 bits per heavy atom. The summed E-state index contributed by atoms with van der Waals surface area (Å²) in [7, 11) is 0. The summed E-state index contributed by atoms with van der Waals surface area (Å²) in [5.41, 5.74) is 5.48. The molecule has 0 spiro atoms. The Morgan fingerprint density at radius 1 is 1.20 bits per heavy atom. The summed E-state index contributed by atoms with van der Waals surface area (Å²) in [6.45, 7) is 4.51. The lowest BCUT2D eigenvalue weighted by atomic mass is 10.0. The molecular formula is C12H24N2O. The molecule has 0 aliphatic carbocycles. The van der Waals surface area contributed by atoms with Crippen molar-refractivity contribution >= 4 is 5.91 Å². The first-order valence-corrected chi connectivity index (χ1v) is 6.24. The van der Waals surface area contributed by atoms with E-state index in [1.54, 1.807) is 0 Å². The van der Waals surface area contributed by atoms with Crippen LogP contribution < -0.4 is 5.73 Å². The van der Waals surface area contributed by atoms with Crippen molar-refractivity contribution in [3.05, 3.63) is 0 Å². The van der Waals surface area contributed by atoms with Gasteiger partial charge in [-0.3, -0.25) is 4.79 Å². The van der Waals surface area contributed by atoms with Crippen LogP contribution in [0.15, 0.2) is 0 Å². The van der Waals surface area contributed by atoms with Crippen LogP contribution in [0.25, 0.3) is 0 Å². The second-order valence-electron chi connectivity index (χ2n) is 4.57. The van der Waals surface area contributed by atoms with Crippen LogP contribution in [0.1, 0.15) is 45.4 Å². The summed E-state index contributed by atoms with van der Waals surface area (Å²) in [6.07, 6.45) is 7.03. The minimum absolute atomic E-state index is 0.106. The molecule has 0 aromatic carbocycles. The largest absolute Gasteiger partial charge is 0.342 e. The van der Waals surface area contributed by atoms with Gasteiger partial charge in [0.15, 0.2) is 0 Å². The van der Waals surface area contributed by atoms with Gasteiger partial charge in [0.1, 0.15) is 0 Å². The normalized spacial score (nSPS) is 20.5. The quantitative estimate of drug-likeness (QED) is 0.775. The fourth-order valence-corrected chi connectivity index (χ4v) is 2.15. The molecule has 0 aromatic rings. The van der Waals surface area contributed by atoms with Crippen molar-refractivity contribution in [2.24, 2.45) is 11.7 Å². The summed E-state index contributed by atoms with van der Waals surface area (Å²) in [6, 6.07) is 0. The van der Waals surface area contributed by atoms with Gasteiger partial charge in [-0.2, -0.15) is 0 Å². The van der Waals surface area contributed by atoms with Crippen molar-refractivity contribution in [3.63, 3.8) is 0 Å². The Bertz CT molecular complexity index is 186. The van der Waals surface area contributed by atoms with E-state index in [-0.39, 0.29) is 5.92 Å². The predicted molar refractivity (Wildman–Crippen MR) is 62.5 cm³/mol. The van der Waals surface area contributed by atoms with Crippen LogP contribution in [0, 0.1) is 5.92 Å². The van der Waals surface area contributed by atoms with Crippen LogP contribution in [0.5, 0.6) is 0 Å². The average molecular weight is 212 g/mol. The fourth-order valence-electron chi connectivity index (χ4n) is 2.15. The summed E-state index contributed by atoms with van der Waals surface area (Å²) < 4.78 is 0. The number of rotatable bonds is 3. The van der Waals surface area contributed by atoms with Crippen molar-refractivity contribution in [3.8, 4) is 0 Å². The molecular weight excluding hydrogens is 188 g/mol. The second kappa shape index (κ2) is 6.83. The van der Waals surface area contributed by atoms with Gasteiger partial charge in [-0.1, -0.05) is 26.2 Å². The van der Waals surface area contributed by atoms with Crippen molar-refractivity contribution < 1.29 is 4.79 Å². The third kappa shape index (κ3) is 4.20. The lowest BCUT2D eigenvalue weighted by Gasteiger charge is -2.27. The van der Waals surface area contributed by atoms with Crippen LogP contribution in [-0.4, -0.2) is 30.4 Å². The maximum atomic E-state index is 12.0. The zero-order chi connectivity index (χ0) is 11.1. The van der Waals surface area contributed by atoms with E-state index in [4.69, 9.17) is 5.73 Å². The van der Waals surface area contributed by atoms with Gasteiger partial charge in [0.25, 0.3) is 0 Å². The van der Waals surface area contributed by atoms with E-state index in [1.165, 1.54) is 32.1 Å². The van der Waals surface area contributed by atoms with Crippen LogP contribution in [-0.2, 0) is 4.79 Å². The standard InChI is InChI=1S/C12H24N2O/c1-11(7-8-13)12(15)14-9-5-3-2-4-6-10-14/h11H,2-10,13H2,1H3. The number of amides is 1. The van der Waals surface area contributed by atoms with Crippen LogP contribution >= 0.6 is 0 Å². The summed E-state index contributed by atoms with van der Waals surface area (Å²) in [4.78, 5) is 14.1. The molecule has 1 unspecified atom stereocenters. The number of nitrogens with two attached hydrogens (primary N) is 1. The van der Waals surface area contributed by atoms with Gasteiger partial charge in [0.2, 0.25) is 5.91 Å². The zero-order valence-corrected chi connectivity index (χ0v) is 9.87. The molecule has 0 radical (unpaired) electrons. The molecule has 1 saturated heterocycles. The SMILES string of the molecule is CC(CCN)C(=O)N1CCCCCCC1. The molecule has 1 rings (SSSR count). The molecule has 15 heavy (non-hydrogen) atoms. The van der Waals surface area contributed by atoms with Gasteiger partial charge < -0.3 is 10.6 Å². The van der Waals surface area contributed by atoms with E-state index >= 15 is 0 Å². The Hall–Kier alpha value is -0.570. The Kier molecular flexibility index (Phi) is 5.69. The van der Waals surface area contributed by atoms with Gasteiger partial charge >= 0.3 is 0 Å². The van der Waals surface area contributed by atoms with E-state index in [9.17, 15) is 4.79 Å². The molecule has 3 heteroatoms. The number of hydrogen-bond donors (Lipinski definition) is 1. The van der Waals surface area contributed by atoms with Crippen molar-refractivity contribution in [1.82, 2.24) is 4.90 Å². The maximum Gasteiger partial charge on any atom is 0.225 e. The monoisotopic (exact) mass is 212 g/mol. The highest BCUT2D eigenvalue weighted by Gasteiger charge is 2.19. The van der Waals surface area contributed by atoms with Crippen LogP contribution in [0.4, 0.5) is 0 Å².